The molecule has 0 saturated carbocycles. The molecule has 2 heterocycles. The molecule has 0 spiro atoms. The summed E-state index contributed by atoms with van der Waals surface area (Å²) >= 11 is 0. The van der Waals surface area contributed by atoms with Crippen LogP contribution < -0.4 is 4.90 Å². The first-order valence-electron chi connectivity index (χ1n) is 5.63. The third-order valence-electron chi connectivity index (χ3n) is 3.14. The summed E-state index contributed by atoms with van der Waals surface area (Å²) < 4.78 is 0. The van der Waals surface area contributed by atoms with E-state index in [2.05, 4.69) is 15.1 Å². The van der Waals surface area contributed by atoms with E-state index in [1.807, 2.05) is 0 Å². The highest BCUT2D eigenvalue weighted by Crippen LogP contribution is 2.29. The van der Waals surface area contributed by atoms with Gasteiger partial charge in [0.2, 0.25) is 0 Å². The van der Waals surface area contributed by atoms with E-state index in [1.165, 1.54) is 25.0 Å². The van der Waals surface area contributed by atoms with Gasteiger partial charge in [-0.25, -0.2) is 0 Å². The Balaban J connectivity index is 2.07. The summed E-state index contributed by atoms with van der Waals surface area (Å²) in [7, 11) is 0. The number of benzene rings is 1. The minimum absolute atomic E-state index is 0.0918. The molecule has 0 amide bonds. The Morgan fingerprint density at radius 1 is 1.35 bits per heavy atom. The number of nitro groups is 1. The van der Waals surface area contributed by atoms with Crippen LogP contribution in [0.2, 0.25) is 0 Å². The predicted octanol–water partition coefficient (Wildman–Crippen LogP) is 2.07. The third-order valence-corrected chi connectivity index (χ3v) is 3.14. The van der Waals surface area contributed by atoms with Crippen molar-refractivity contribution in [2.24, 2.45) is 0 Å². The van der Waals surface area contributed by atoms with E-state index in [9.17, 15) is 10.1 Å². The molecule has 6 heteroatoms. The Kier molecular flexibility index (Phi) is 2.21. The maximum Gasteiger partial charge on any atom is 0.271 e. The van der Waals surface area contributed by atoms with E-state index in [0.717, 1.165) is 29.8 Å². The Morgan fingerprint density at radius 3 is 2.82 bits per heavy atom. The Labute approximate surface area is 97.4 Å². The number of rotatable bonds is 2. The highest BCUT2D eigenvalue weighted by molar-refractivity contribution is 5.91. The number of nitro benzene ring substituents is 1. The predicted molar refractivity (Wildman–Crippen MR) is 64.2 cm³/mol. The molecule has 0 radical (unpaired) electrons. The van der Waals surface area contributed by atoms with Crippen molar-refractivity contribution in [2.45, 2.75) is 12.8 Å². The largest absolute Gasteiger partial charge is 0.355 e. The van der Waals surface area contributed by atoms with E-state index in [4.69, 9.17) is 0 Å². The molecule has 6 nitrogen and oxygen atoms in total. The van der Waals surface area contributed by atoms with Crippen LogP contribution >= 0.6 is 0 Å². The van der Waals surface area contributed by atoms with E-state index >= 15 is 0 Å². The first kappa shape index (κ1) is 10.1. The lowest BCUT2D eigenvalue weighted by molar-refractivity contribution is -0.384. The second-order valence-electron chi connectivity index (χ2n) is 4.23. The lowest BCUT2D eigenvalue weighted by Crippen LogP contribution is -2.18. The fraction of sp³-hybridized carbons (Fsp3) is 0.364. The summed E-state index contributed by atoms with van der Waals surface area (Å²) in [5.74, 6) is 0.910. The van der Waals surface area contributed by atoms with Crippen LogP contribution in [0.15, 0.2) is 18.2 Å². The Bertz CT molecular complexity index is 572. The van der Waals surface area contributed by atoms with Gasteiger partial charge < -0.3 is 4.90 Å². The quantitative estimate of drug-likeness (QED) is 0.635. The highest BCUT2D eigenvalue weighted by atomic mass is 16.6. The van der Waals surface area contributed by atoms with Crippen molar-refractivity contribution < 1.29 is 4.92 Å². The van der Waals surface area contributed by atoms with Crippen LogP contribution in [0.4, 0.5) is 11.5 Å². The molecule has 1 N–H and O–H groups in total. The number of aromatic nitrogens is 2. The monoisotopic (exact) mass is 232 g/mol. The van der Waals surface area contributed by atoms with Crippen molar-refractivity contribution in [3.05, 3.63) is 28.3 Å². The van der Waals surface area contributed by atoms with Gasteiger partial charge in [0.25, 0.3) is 5.69 Å². The van der Waals surface area contributed by atoms with Crippen LogP contribution in [0, 0.1) is 10.1 Å². The van der Waals surface area contributed by atoms with Gasteiger partial charge in [-0.1, -0.05) is 0 Å². The van der Waals surface area contributed by atoms with E-state index in [0.29, 0.717) is 0 Å². The summed E-state index contributed by atoms with van der Waals surface area (Å²) in [6.07, 6.45) is 2.36. The first-order chi connectivity index (χ1) is 8.25. The van der Waals surface area contributed by atoms with E-state index < -0.39 is 4.92 Å². The number of nitrogens with one attached hydrogen (secondary N) is 1. The number of fused-ring (bicyclic) bond motifs is 1. The van der Waals surface area contributed by atoms with Crippen molar-refractivity contribution in [3.63, 3.8) is 0 Å². The molecule has 1 aromatic carbocycles. The molecule has 0 aliphatic carbocycles. The molecule has 0 bridgehead atoms. The van der Waals surface area contributed by atoms with Crippen molar-refractivity contribution in [1.29, 1.82) is 0 Å². The minimum Gasteiger partial charge on any atom is -0.355 e. The van der Waals surface area contributed by atoms with Crippen molar-refractivity contribution >= 4 is 22.4 Å². The molecule has 1 aliphatic rings. The summed E-state index contributed by atoms with van der Waals surface area (Å²) in [4.78, 5) is 12.5. The minimum atomic E-state index is -0.393. The molecule has 2 aromatic rings. The zero-order valence-electron chi connectivity index (χ0n) is 9.22. The van der Waals surface area contributed by atoms with Crippen LogP contribution in [-0.4, -0.2) is 28.2 Å². The fourth-order valence-corrected chi connectivity index (χ4v) is 2.28. The van der Waals surface area contributed by atoms with E-state index in [-0.39, 0.29) is 5.69 Å². The molecule has 1 aliphatic heterocycles. The normalized spacial score (nSPS) is 15.6. The highest BCUT2D eigenvalue weighted by Gasteiger charge is 2.18. The van der Waals surface area contributed by atoms with Crippen LogP contribution in [0.25, 0.3) is 10.9 Å². The molecular formula is C11H12N4O2. The van der Waals surface area contributed by atoms with Gasteiger partial charge in [0.1, 0.15) is 0 Å². The van der Waals surface area contributed by atoms with E-state index in [1.54, 1.807) is 6.07 Å². The van der Waals surface area contributed by atoms with Crippen LogP contribution in [-0.2, 0) is 0 Å². The number of hydrogen-bond donors (Lipinski definition) is 1. The molecular weight excluding hydrogens is 220 g/mol. The third kappa shape index (κ3) is 1.61. The topological polar surface area (TPSA) is 75.1 Å². The molecule has 17 heavy (non-hydrogen) atoms. The summed E-state index contributed by atoms with van der Waals surface area (Å²) in [6.45, 7) is 2.02. The van der Waals surface area contributed by atoms with Gasteiger partial charge >= 0.3 is 0 Å². The number of H-pyrrole nitrogens is 1. The second kappa shape index (κ2) is 3.73. The molecule has 88 valence electrons. The molecule has 3 rings (SSSR count). The smallest absolute Gasteiger partial charge is 0.271 e. The van der Waals surface area contributed by atoms with Gasteiger partial charge in [-0.15, -0.1) is 0 Å². The zero-order chi connectivity index (χ0) is 11.8. The van der Waals surface area contributed by atoms with Gasteiger partial charge in [-0.2, -0.15) is 5.10 Å². The second-order valence-corrected chi connectivity index (χ2v) is 4.23. The fourth-order valence-electron chi connectivity index (χ4n) is 2.28. The first-order valence-corrected chi connectivity index (χ1v) is 5.63. The van der Waals surface area contributed by atoms with Gasteiger partial charge in [-0.3, -0.25) is 15.2 Å². The summed E-state index contributed by atoms with van der Waals surface area (Å²) in [6, 6.07) is 4.82. The molecule has 1 saturated heterocycles. The summed E-state index contributed by atoms with van der Waals surface area (Å²) in [5.41, 5.74) is 0.815. The van der Waals surface area contributed by atoms with Gasteiger partial charge in [0, 0.05) is 30.6 Å². The van der Waals surface area contributed by atoms with Crippen LogP contribution in [0.1, 0.15) is 12.8 Å². The van der Waals surface area contributed by atoms with Crippen molar-refractivity contribution in [2.75, 3.05) is 18.0 Å². The number of aromatic amines is 1. The SMILES string of the molecule is O=[N+]([O-])c1ccc2c(N3CCCC3)n[nH]c2c1. The lowest BCUT2D eigenvalue weighted by Gasteiger charge is -2.13. The number of hydrogen-bond acceptors (Lipinski definition) is 4. The number of non-ortho nitro benzene ring substituents is 1. The number of nitrogens with zero attached hydrogens (tertiary/aromatic N) is 3. The molecule has 1 fully saturated rings. The zero-order valence-corrected chi connectivity index (χ0v) is 9.22. The van der Waals surface area contributed by atoms with Crippen molar-refractivity contribution in [1.82, 2.24) is 10.2 Å². The maximum atomic E-state index is 10.7. The molecule has 0 atom stereocenters. The standard InChI is InChI=1S/C11H12N4O2/c16-15(17)8-3-4-9-10(7-8)12-13-11(9)14-5-1-2-6-14/h3-4,7H,1-2,5-6H2,(H,12,13). The average Bonchev–Trinajstić information content (AvgIpc) is 2.96. The van der Waals surface area contributed by atoms with Crippen molar-refractivity contribution in [3.8, 4) is 0 Å². The molecule has 1 aromatic heterocycles. The molecule has 0 unspecified atom stereocenters. The van der Waals surface area contributed by atoms with Crippen LogP contribution in [0.3, 0.4) is 0 Å². The Morgan fingerprint density at radius 2 is 2.12 bits per heavy atom. The number of anilines is 1. The lowest BCUT2D eigenvalue weighted by atomic mass is 10.2. The Hall–Kier alpha value is -2.11. The van der Waals surface area contributed by atoms with Gasteiger partial charge in [-0.05, 0) is 18.9 Å². The van der Waals surface area contributed by atoms with Crippen LogP contribution in [0.5, 0.6) is 0 Å². The van der Waals surface area contributed by atoms with Gasteiger partial charge in [0.05, 0.1) is 10.4 Å². The maximum absolute atomic E-state index is 10.7. The summed E-state index contributed by atoms with van der Waals surface area (Å²) in [5, 5.41) is 18.7. The average molecular weight is 232 g/mol. The van der Waals surface area contributed by atoms with Gasteiger partial charge in [0.15, 0.2) is 5.82 Å².